The maximum Gasteiger partial charge on any atom is 0.255 e. The Kier molecular flexibility index (Phi) is 6.64. The summed E-state index contributed by atoms with van der Waals surface area (Å²) in [5.74, 6) is 0.372. The topological polar surface area (TPSA) is 78.3 Å². The van der Waals surface area contributed by atoms with Crippen LogP contribution in [0.2, 0.25) is 0 Å². The molecule has 4 rings (SSSR count). The number of nitrogens with zero attached hydrogens (tertiary/aromatic N) is 3. The molecule has 0 saturated carbocycles. The lowest BCUT2D eigenvalue weighted by Gasteiger charge is -2.11. The van der Waals surface area contributed by atoms with Crippen LogP contribution in [0, 0.1) is 5.82 Å². The molecule has 0 unspecified atom stereocenters. The van der Waals surface area contributed by atoms with E-state index in [1.54, 1.807) is 53.5 Å². The average Bonchev–Trinajstić information content (AvgIpc) is 3.28. The number of pyridine rings is 1. The van der Waals surface area contributed by atoms with Gasteiger partial charge in [-0.2, -0.15) is 5.10 Å². The highest BCUT2D eigenvalue weighted by molar-refractivity contribution is 5.97. The van der Waals surface area contributed by atoms with Gasteiger partial charge >= 0.3 is 0 Å². The molecule has 0 saturated heterocycles. The zero-order valence-electron chi connectivity index (χ0n) is 18.3. The maximum atomic E-state index is 14.5. The lowest BCUT2D eigenvalue weighted by molar-refractivity contribution is 0.0948. The number of benzene rings is 2. The van der Waals surface area contributed by atoms with E-state index in [0.717, 1.165) is 11.1 Å². The molecule has 0 aliphatic heterocycles. The highest BCUT2D eigenvalue weighted by Gasteiger charge is 2.17. The fourth-order valence-corrected chi connectivity index (χ4v) is 3.50. The van der Waals surface area contributed by atoms with E-state index in [9.17, 15) is 9.18 Å². The Labute approximate surface area is 190 Å². The molecule has 2 aromatic heterocycles. The zero-order valence-corrected chi connectivity index (χ0v) is 18.3. The Hall–Kier alpha value is -4.20. The number of halogens is 1. The zero-order chi connectivity index (χ0) is 23.2. The summed E-state index contributed by atoms with van der Waals surface area (Å²) in [4.78, 5) is 16.8. The SMILES string of the molecule is COc1ccc(OC)c(C(=O)NCCn2cc(-c3ccncc3)c(-c3ccccc3F)n2)c1. The molecule has 2 heterocycles. The van der Waals surface area contributed by atoms with Crippen molar-refractivity contribution in [3.63, 3.8) is 0 Å². The molecular formula is C25H23FN4O3. The van der Waals surface area contributed by atoms with Crippen molar-refractivity contribution in [3.8, 4) is 33.9 Å². The number of rotatable bonds is 8. The second-order valence-electron chi connectivity index (χ2n) is 7.19. The molecule has 7 nitrogen and oxygen atoms in total. The van der Waals surface area contributed by atoms with E-state index >= 15 is 0 Å². The van der Waals surface area contributed by atoms with Gasteiger partial charge in [-0.25, -0.2) is 4.39 Å². The van der Waals surface area contributed by atoms with Gasteiger partial charge in [-0.15, -0.1) is 0 Å². The van der Waals surface area contributed by atoms with Crippen molar-refractivity contribution in [2.45, 2.75) is 6.54 Å². The normalized spacial score (nSPS) is 10.6. The molecule has 1 amide bonds. The molecule has 8 heteroatoms. The molecule has 33 heavy (non-hydrogen) atoms. The maximum absolute atomic E-state index is 14.5. The van der Waals surface area contributed by atoms with Crippen LogP contribution in [-0.4, -0.2) is 41.4 Å². The predicted molar refractivity (Wildman–Crippen MR) is 123 cm³/mol. The molecule has 4 aromatic rings. The summed E-state index contributed by atoms with van der Waals surface area (Å²) in [5, 5.41) is 7.48. The number of carbonyl (C=O) groups excluding carboxylic acids is 1. The smallest absolute Gasteiger partial charge is 0.255 e. The summed E-state index contributed by atoms with van der Waals surface area (Å²) in [5.41, 5.74) is 2.97. The quantitative estimate of drug-likeness (QED) is 0.439. The van der Waals surface area contributed by atoms with Crippen LogP contribution in [0.4, 0.5) is 4.39 Å². The second-order valence-corrected chi connectivity index (χ2v) is 7.19. The summed E-state index contributed by atoms with van der Waals surface area (Å²) < 4.78 is 26.7. The number of methoxy groups -OCH3 is 2. The summed E-state index contributed by atoms with van der Waals surface area (Å²) in [6.07, 6.45) is 5.20. The first kappa shape index (κ1) is 22.0. The Bertz CT molecular complexity index is 1260. The van der Waals surface area contributed by atoms with Crippen LogP contribution in [0.5, 0.6) is 11.5 Å². The van der Waals surface area contributed by atoms with Gasteiger partial charge in [-0.05, 0) is 48.0 Å². The van der Waals surface area contributed by atoms with Crippen molar-refractivity contribution in [2.24, 2.45) is 0 Å². The van der Waals surface area contributed by atoms with E-state index in [0.29, 0.717) is 41.4 Å². The molecule has 168 valence electrons. The number of hydrogen-bond acceptors (Lipinski definition) is 5. The summed E-state index contributed by atoms with van der Waals surface area (Å²) >= 11 is 0. The number of hydrogen-bond donors (Lipinski definition) is 1. The molecule has 0 spiro atoms. The first-order valence-corrected chi connectivity index (χ1v) is 10.3. The van der Waals surface area contributed by atoms with Gasteiger partial charge in [0.05, 0.1) is 26.3 Å². The van der Waals surface area contributed by atoms with Crippen molar-refractivity contribution in [1.82, 2.24) is 20.1 Å². The standard InChI is InChI=1S/C25H23FN4O3/c1-32-18-7-8-23(33-2)20(15-18)25(31)28-13-14-30-16-21(17-9-11-27-12-10-17)24(29-30)19-5-3-4-6-22(19)26/h3-12,15-16H,13-14H2,1-2H3,(H,28,31). The molecule has 1 N–H and O–H groups in total. The van der Waals surface area contributed by atoms with E-state index in [1.165, 1.54) is 20.3 Å². The fourth-order valence-electron chi connectivity index (χ4n) is 3.50. The first-order chi connectivity index (χ1) is 16.1. The van der Waals surface area contributed by atoms with Gasteiger partial charge < -0.3 is 14.8 Å². The number of aromatic nitrogens is 3. The minimum Gasteiger partial charge on any atom is -0.497 e. The molecule has 0 aliphatic carbocycles. The third kappa shape index (κ3) is 4.85. The van der Waals surface area contributed by atoms with Crippen LogP contribution >= 0.6 is 0 Å². The number of ether oxygens (including phenoxy) is 2. The molecule has 2 aromatic carbocycles. The van der Waals surface area contributed by atoms with Crippen LogP contribution in [0.1, 0.15) is 10.4 Å². The number of carbonyl (C=O) groups is 1. The van der Waals surface area contributed by atoms with Gasteiger partial charge in [-0.3, -0.25) is 14.5 Å². The third-order valence-corrected chi connectivity index (χ3v) is 5.16. The Morgan fingerprint density at radius 3 is 2.55 bits per heavy atom. The average molecular weight is 446 g/mol. The van der Waals surface area contributed by atoms with Gasteiger partial charge in [0.1, 0.15) is 23.0 Å². The first-order valence-electron chi connectivity index (χ1n) is 10.3. The van der Waals surface area contributed by atoms with E-state index in [1.807, 2.05) is 18.3 Å². The third-order valence-electron chi connectivity index (χ3n) is 5.16. The number of amides is 1. The van der Waals surface area contributed by atoms with Crippen molar-refractivity contribution in [2.75, 3.05) is 20.8 Å². The van der Waals surface area contributed by atoms with Gasteiger partial charge in [0.25, 0.3) is 5.91 Å². The van der Waals surface area contributed by atoms with Crippen molar-refractivity contribution < 1.29 is 18.7 Å². The highest BCUT2D eigenvalue weighted by atomic mass is 19.1. The molecule has 0 aliphatic rings. The molecule has 0 fully saturated rings. The Morgan fingerprint density at radius 2 is 1.82 bits per heavy atom. The minimum atomic E-state index is -0.350. The monoisotopic (exact) mass is 446 g/mol. The molecule has 0 atom stereocenters. The largest absolute Gasteiger partial charge is 0.497 e. The van der Waals surface area contributed by atoms with E-state index in [4.69, 9.17) is 9.47 Å². The minimum absolute atomic E-state index is 0.290. The Balaban J connectivity index is 1.55. The Morgan fingerprint density at radius 1 is 1.03 bits per heavy atom. The van der Waals surface area contributed by atoms with Gasteiger partial charge in [0, 0.05) is 36.3 Å². The van der Waals surface area contributed by atoms with Crippen LogP contribution < -0.4 is 14.8 Å². The predicted octanol–water partition coefficient (Wildman–Crippen LogP) is 4.20. The lowest BCUT2D eigenvalue weighted by Crippen LogP contribution is -2.27. The summed E-state index contributed by atoms with van der Waals surface area (Å²) in [7, 11) is 3.04. The van der Waals surface area contributed by atoms with Gasteiger partial charge in [0.2, 0.25) is 0 Å². The van der Waals surface area contributed by atoms with E-state index in [2.05, 4.69) is 15.4 Å². The summed E-state index contributed by atoms with van der Waals surface area (Å²) in [6.45, 7) is 0.706. The van der Waals surface area contributed by atoms with Crippen LogP contribution in [-0.2, 0) is 6.54 Å². The molecule has 0 bridgehead atoms. The van der Waals surface area contributed by atoms with Crippen LogP contribution in [0.3, 0.4) is 0 Å². The lowest BCUT2D eigenvalue weighted by atomic mass is 10.0. The summed E-state index contributed by atoms with van der Waals surface area (Å²) in [6, 6.07) is 15.3. The van der Waals surface area contributed by atoms with Crippen LogP contribution in [0.25, 0.3) is 22.4 Å². The van der Waals surface area contributed by atoms with E-state index < -0.39 is 0 Å². The van der Waals surface area contributed by atoms with Crippen molar-refractivity contribution >= 4 is 5.91 Å². The van der Waals surface area contributed by atoms with Crippen molar-refractivity contribution in [3.05, 3.63) is 84.6 Å². The van der Waals surface area contributed by atoms with Gasteiger partial charge in [0.15, 0.2) is 0 Å². The second kappa shape index (κ2) is 9.95. The van der Waals surface area contributed by atoms with E-state index in [-0.39, 0.29) is 11.7 Å². The van der Waals surface area contributed by atoms with Gasteiger partial charge in [-0.1, -0.05) is 12.1 Å². The fraction of sp³-hybridized carbons (Fsp3) is 0.160. The highest BCUT2D eigenvalue weighted by Crippen LogP contribution is 2.32. The molecule has 0 radical (unpaired) electrons. The van der Waals surface area contributed by atoms with Crippen LogP contribution in [0.15, 0.2) is 73.2 Å². The molecular weight excluding hydrogens is 423 g/mol. The van der Waals surface area contributed by atoms with Crippen molar-refractivity contribution in [1.29, 1.82) is 0 Å². The number of nitrogens with one attached hydrogen (secondary N) is 1.